The highest BCUT2D eigenvalue weighted by Gasteiger charge is 2.40. The Morgan fingerprint density at radius 3 is 1.15 bits per heavy atom. The summed E-state index contributed by atoms with van der Waals surface area (Å²) >= 11 is 0. The maximum atomic E-state index is 10.4. The van der Waals surface area contributed by atoms with Gasteiger partial charge in [0.1, 0.15) is 0 Å². The zero-order chi connectivity index (χ0) is 10.8. The molecule has 13 heavy (non-hydrogen) atoms. The van der Waals surface area contributed by atoms with Gasteiger partial charge < -0.3 is 10.2 Å². The summed E-state index contributed by atoms with van der Waals surface area (Å²) in [6.07, 6.45) is 0. The normalized spacial score (nSPS) is 11.8. The average molecular weight is 212 g/mol. The molecule has 0 aromatic carbocycles. The van der Waals surface area contributed by atoms with Gasteiger partial charge >= 0.3 is 22.2 Å². The van der Waals surface area contributed by atoms with E-state index in [1.54, 1.807) is 0 Å². The third-order valence-corrected chi connectivity index (χ3v) is 2.25. The summed E-state index contributed by atoms with van der Waals surface area (Å²) in [5.74, 6) is -4.57. The first-order chi connectivity index (χ1) is 5.71. The minimum Gasteiger partial charge on any atom is -0.474 e. The van der Waals surface area contributed by atoms with Crippen LogP contribution >= 0.6 is 10.6 Å². The van der Waals surface area contributed by atoms with Gasteiger partial charge in [-0.15, -0.1) is 0 Å². The summed E-state index contributed by atoms with van der Waals surface area (Å²) in [6, 6.07) is 0. The summed E-state index contributed by atoms with van der Waals surface area (Å²) < 4.78 is 17.1. The lowest BCUT2D eigenvalue weighted by Crippen LogP contribution is -2.30. The van der Waals surface area contributed by atoms with Crippen LogP contribution < -0.4 is 0 Å². The van der Waals surface area contributed by atoms with E-state index in [0.717, 1.165) is 0 Å². The third kappa shape index (κ3) is 2.24. The van der Waals surface area contributed by atoms with Crippen molar-refractivity contribution in [3.8, 4) is 0 Å². The highest BCUT2D eigenvalue weighted by molar-refractivity contribution is 8.49. The molecule has 0 aliphatic carbocycles. The van der Waals surface area contributed by atoms with E-state index < -0.39 is 32.8 Å². The Balaban J connectivity index is 4.97. The molecule has 0 saturated carbocycles. The number of rotatable bonds is 0. The van der Waals surface area contributed by atoms with Crippen LogP contribution in [-0.4, -0.2) is 41.5 Å². The van der Waals surface area contributed by atoms with Gasteiger partial charge in [-0.1, -0.05) is 10.6 Å². The standard InChI is InChI=1S/C4H4O8S/c5-1(6)3(9)13(11,12)4(10)2(7)8/h11-12H,(H,5,6)(H,7,8). The maximum Gasteiger partial charge on any atom is 0.394 e. The predicted molar refractivity (Wildman–Crippen MR) is 38.1 cm³/mol. The molecule has 8 nitrogen and oxygen atoms in total. The maximum absolute atomic E-state index is 10.4. The zero-order valence-corrected chi connectivity index (χ0v) is 6.65. The van der Waals surface area contributed by atoms with Crippen LogP contribution in [0.1, 0.15) is 0 Å². The molecule has 0 aromatic rings. The van der Waals surface area contributed by atoms with Gasteiger partial charge in [0.15, 0.2) is 0 Å². The molecule has 0 aromatic heterocycles. The van der Waals surface area contributed by atoms with Gasteiger partial charge in [0.2, 0.25) is 0 Å². The van der Waals surface area contributed by atoms with E-state index in [1.807, 2.05) is 0 Å². The SMILES string of the molecule is O=C(O)C(=O)S(O)(O)C(=O)C(=O)O. The van der Waals surface area contributed by atoms with Gasteiger partial charge in [-0.3, -0.25) is 18.7 Å². The predicted octanol–water partition coefficient (Wildman–Crippen LogP) is -1.04. The summed E-state index contributed by atoms with van der Waals surface area (Å²) in [5.41, 5.74) is 0. The van der Waals surface area contributed by atoms with Crippen molar-refractivity contribution in [2.24, 2.45) is 0 Å². The number of carbonyl (C=O) groups is 4. The first-order valence-corrected chi connectivity index (χ1v) is 4.08. The fraction of sp³-hybridized carbons (Fsp3) is 0. The molecule has 0 rings (SSSR count). The molecule has 0 atom stereocenters. The van der Waals surface area contributed by atoms with Crippen LogP contribution in [0, 0.1) is 0 Å². The van der Waals surface area contributed by atoms with Gasteiger partial charge in [-0.2, -0.15) is 0 Å². The molecule has 0 amide bonds. The number of carboxylic acids is 2. The molecule has 0 aliphatic heterocycles. The lowest BCUT2D eigenvalue weighted by Gasteiger charge is -2.22. The van der Waals surface area contributed by atoms with Gasteiger partial charge in [-0.25, -0.2) is 9.59 Å². The smallest absolute Gasteiger partial charge is 0.394 e. The van der Waals surface area contributed by atoms with Gasteiger partial charge in [0.05, 0.1) is 0 Å². The zero-order valence-electron chi connectivity index (χ0n) is 5.83. The van der Waals surface area contributed by atoms with Gasteiger partial charge in [0, 0.05) is 0 Å². The van der Waals surface area contributed by atoms with Crippen molar-refractivity contribution in [3.05, 3.63) is 0 Å². The number of carbonyl (C=O) groups excluding carboxylic acids is 2. The van der Waals surface area contributed by atoms with Crippen LogP contribution in [0.5, 0.6) is 0 Å². The summed E-state index contributed by atoms with van der Waals surface area (Å²) in [5, 5.41) is 11.4. The molecule has 0 aliphatic rings. The largest absolute Gasteiger partial charge is 0.474 e. The molecule has 0 saturated heterocycles. The van der Waals surface area contributed by atoms with E-state index in [9.17, 15) is 19.2 Å². The van der Waals surface area contributed by atoms with Crippen molar-refractivity contribution >= 4 is 32.8 Å². The van der Waals surface area contributed by atoms with Crippen LogP contribution in [0.2, 0.25) is 0 Å². The van der Waals surface area contributed by atoms with E-state index in [4.69, 9.17) is 19.3 Å². The first-order valence-electron chi connectivity index (χ1n) is 2.54. The molecule has 0 heterocycles. The fourth-order valence-electron chi connectivity index (χ4n) is 0.328. The second-order valence-electron chi connectivity index (χ2n) is 1.73. The molecule has 0 radical (unpaired) electrons. The number of hydrogen-bond donors (Lipinski definition) is 4. The number of aliphatic carboxylic acids is 2. The summed E-state index contributed by atoms with van der Waals surface area (Å²) in [6.45, 7) is 0. The van der Waals surface area contributed by atoms with Gasteiger partial charge in [0.25, 0.3) is 0 Å². The Morgan fingerprint density at radius 1 is 0.769 bits per heavy atom. The lowest BCUT2D eigenvalue weighted by molar-refractivity contribution is -0.147. The first kappa shape index (κ1) is 11.6. The van der Waals surface area contributed by atoms with Crippen molar-refractivity contribution in [1.29, 1.82) is 0 Å². The van der Waals surface area contributed by atoms with E-state index >= 15 is 0 Å². The average Bonchev–Trinajstić information content (AvgIpc) is 2.01. The monoisotopic (exact) mass is 212 g/mol. The summed E-state index contributed by atoms with van der Waals surface area (Å²) in [7, 11) is -4.91. The Hall–Kier alpha value is -1.45. The van der Waals surface area contributed by atoms with Crippen molar-refractivity contribution in [2.45, 2.75) is 0 Å². The molecule has 0 bridgehead atoms. The van der Waals surface area contributed by atoms with Crippen LogP contribution in [0.4, 0.5) is 0 Å². The highest BCUT2D eigenvalue weighted by Crippen LogP contribution is 2.40. The van der Waals surface area contributed by atoms with Crippen LogP contribution in [0.3, 0.4) is 0 Å². The molecule has 4 N–H and O–H groups in total. The Morgan fingerprint density at radius 2 is 1.00 bits per heavy atom. The number of hydrogen-bond acceptors (Lipinski definition) is 6. The summed E-state index contributed by atoms with van der Waals surface area (Å²) in [4.78, 5) is 40.5. The topological polar surface area (TPSA) is 149 Å². The molecule has 9 heteroatoms. The van der Waals surface area contributed by atoms with E-state index in [2.05, 4.69) is 0 Å². The molecule has 0 spiro atoms. The Bertz CT molecular complexity index is 263. The second kappa shape index (κ2) is 3.51. The lowest BCUT2D eigenvalue weighted by atomic mass is 10.8. The van der Waals surface area contributed by atoms with Crippen molar-refractivity contribution in [2.75, 3.05) is 0 Å². The molecule has 0 unspecified atom stereocenters. The Labute approximate surface area is 72.1 Å². The fourth-order valence-corrected chi connectivity index (χ4v) is 0.983. The second-order valence-corrected chi connectivity index (χ2v) is 3.57. The van der Waals surface area contributed by atoms with Crippen molar-refractivity contribution < 1.29 is 38.5 Å². The van der Waals surface area contributed by atoms with E-state index in [1.165, 1.54) is 0 Å². The number of carboxylic acid groups (broad SMARTS) is 2. The molecular weight excluding hydrogens is 208 g/mol. The molecule has 0 fully saturated rings. The van der Waals surface area contributed by atoms with E-state index in [-0.39, 0.29) is 0 Å². The minimum absolute atomic E-state index is 2.24. The highest BCUT2D eigenvalue weighted by atomic mass is 32.3. The third-order valence-electron chi connectivity index (χ3n) is 0.866. The van der Waals surface area contributed by atoms with E-state index in [0.29, 0.717) is 0 Å². The van der Waals surface area contributed by atoms with Crippen LogP contribution in [-0.2, 0) is 19.2 Å². The van der Waals surface area contributed by atoms with Gasteiger partial charge in [-0.05, 0) is 0 Å². The molecular formula is C4H4O8S. The minimum atomic E-state index is -4.91. The Kier molecular flexibility index (Phi) is 3.12. The van der Waals surface area contributed by atoms with Crippen LogP contribution in [0.25, 0.3) is 0 Å². The van der Waals surface area contributed by atoms with Crippen molar-refractivity contribution in [3.63, 3.8) is 0 Å². The molecule has 74 valence electrons. The van der Waals surface area contributed by atoms with Crippen molar-refractivity contribution in [1.82, 2.24) is 0 Å². The van der Waals surface area contributed by atoms with Crippen LogP contribution in [0.15, 0.2) is 0 Å². The quantitative estimate of drug-likeness (QED) is 0.372.